The summed E-state index contributed by atoms with van der Waals surface area (Å²) in [7, 11) is 3.08. The summed E-state index contributed by atoms with van der Waals surface area (Å²) < 4.78 is 24.7. The van der Waals surface area contributed by atoms with Crippen LogP contribution in [0, 0.1) is 0 Å². The first kappa shape index (κ1) is 21.3. The van der Waals surface area contributed by atoms with Crippen LogP contribution in [0.4, 0.5) is 11.8 Å². The molecule has 1 aliphatic heterocycles. The molecule has 1 saturated heterocycles. The van der Waals surface area contributed by atoms with Crippen LogP contribution in [-0.4, -0.2) is 69.2 Å². The first-order valence-electron chi connectivity index (χ1n) is 8.63. The lowest BCUT2D eigenvalue weighted by molar-refractivity contribution is -0.0628. The highest BCUT2D eigenvalue weighted by Gasteiger charge is 2.49. The fourth-order valence-electron chi connectivity index (χ4n) is 3.05. The van der Waals surface area contributed by atoms with Crippen molar-refractivity contribution in [2.45, 2.75) is 44.0 Å². The Morgan fingerprint density at radius 1 is 1.32 bits per heavy atom. The molecule has 28 heavy (non-hydrogen) atoms. The zero-order valence-corrected chi connectivity index (χ0v) is 17.8. The Bertz CT molecular complexity index is 895. The van der Waals surface area contributed by atoms with E-state index in [2.05, 4.69) is 15.0 Å². The molecule has 156 valence electrons. The first-order valence-corrected chi connectivity index (χ1v) is 11.4. The number of nitrogens with zero attached hydrogens (tertiary/aromatic N) is 4. The van der Waals surface area contributed by atoms with E-state index in [1.807, 2.05) is 13.8 Å². The Morgan fingerprint density at radius 3 is 2.64 bits per heavy atom. The van der Waals surface area contributed by atoms with Gasteiger partial charge in [0.2, 0.25) is 5.95 Å². The molecule has 0 aliphatic carbocycles. The normalized spacial score (nSPS) is 27.5. The molecule has 13 heteroatoms. The second kappa shape index (κ2) is 8.15. The average molecular weight is 432 g/mol. The van der Waals surface area contributed by atoms with Crippen LogP contribution in [0.15, 0.2) is 6.33 Å². The number of anilines is 2. The van der Waals surface area contributed by atoms with Crippen molar-refractivity contribution in [2.24, 2.45) is 0 Å². The predicted molar refractivity (Wildman–Crippen MR) is 107 cm³/mol. The minimum absolute atomic E-state index is 0.0191. The zero-order valence-electron chi connectivity index (χ0n) is 16.1. The van der Waals surface area contributed by atoms with Gasteiger partial charge in [0.05, 0.1) is 12.9 Å². The van der Waals surface area contributed by atoms with E-state index >= 15 is 0 Å². The number of rotatable bonds is 7. The van der Waals surface area contributed by atoms with Crippen LogP contribution in [0.5, 0.6) is 0 Å². The lowest BCUT2D eigenvalue weighted by atomic mass is 10.1. The molecule has 3 rings (SSSR count). The monoisotopic (exact) mass is 432 g/mol. The van der Waals surface area contributed by atoms with Crippen molar-refractivity contribution in [1.29, 1.82) is 0 Å². The van der Waals surface area contributed by atoms with Gasteiger partial charge in [-0.05, 0) is 11.8 Å². The van der Waals surface area contributed by atoms with Crippen molar-refractivity contribution in [3.05, 3.63) is 6.33 Å². The summed E-state index contributed by atoms with van der Waals surface area (Å²) in [6.45, 7) is 0.783. The molecule has 1 fully saturated rings. The minimum Gasteiger partial charge on any atom is -0.382 e. The van der Waals surface area contributed by atoms with Crippen LogP contribution in [0.1, 0.15) is 20.1 Å². The highest BCUT2D eigenvalue weighted by molar-refractivity contribution is 8.09. The standard InChI is InChI=1S/C15H25N6O5PS/c1-7(2)27(22,28)26-10-8(5-23-3)25-14(11(10)24-4)21-6-18-9-12(16)19-15(17)20-13(9)21/h6-8,10-11,14H,5H2,1-4H3,(H,22,28)(H4,16,17,19,20)/t8-,10+,11+,14-,27?/m1/s1. The predicted octanol–water partition coefficient (Wildman–Crippen LogP) is 0.645. The quantitative estimate of drug-likeness (QED) is 0.528. The summed E-state index contributed by atoms with van der Waals surface area (Å²) in [5, 5.41) is 0. The third-order valence-corrected chi connectivity index (χ3v) is 7.93. The number of fused-ring (bicyclic) bond motifs is 1. The first-order chi connectivity index (χ1) is 13.2. The number of hydrogen-bond acceptors (Lipinski definition) is 10. The van der Waals surface area contributed by atoms with Crippen molar-refractivity contribution in [3.8, 4) is 0 Å². The summed E-state index contributed by atoms with van der Waals surface area (Å²) in [6.07, 6.45) is -0.932. The van der Waals surface area contributed by atoms with E-state index in [0.717, 1.165) is 0 Å². The summed E-state index contributed by atoms with van der Waals surface area (Å²) in [5.41, 5.74) is 12.2. The van der Waals surface area contributed by atoms with Crippen molar-refractivity contribution < 1.29 is 23.6 Å². The Labute approximate surface area is 167 Å². The summed E-state index contributed by atoms with van der Waals surface area (Å²) in [4.78, 5) is 23.0. The number of ether oxygens (including phenoxy) is 3. The molecule has 3 heterocycles. The van der Waals surface area contributed by atoms with Crippen molar-refractivity contribution in [3.63, 3.8) is 0 Å². The lowest BCUT2D eigenvalue weighted by Crippen LogP contribution is -2.37. The second-order valence-electron chi connectivity index (χ2n) is 6.74. The average Bonchev–Trinajstić information content (AvgIpc) is 3.16. The molecule has 5 atom stereocenters. The molecule has 0 radical (unpaired) electrons. The molecule has 11 nitrogen and oxygen atoms in total. The third kappa shape index (κ3) is 3.86. The summed E-state index contributed by atoms with van der Waals surface area (Å²) in [5.74, 6) is 0.186. The van der Waals surface area contributed by atoms with Crippen LogP contribution in [0.2, 0.25) is 0 Å². The van der Waals surface area contributed by atoms with E-state index in [-0.39, 0.29) is 24.0 Å². The van der Waals surface area contributed by atoms with Gasteiger partial charge in [0.1, 0.15) is 23.8 Å². The van der Waals surface area contributed by atoms with Gasteiger partial charge in [-0.25, -0.2) is 4.98 Å². The molecule has 0 bridgehead atoms. The minimum atomic E-state index is -3.07. The molecule has 0 spiro atoms. The molecule has 1 unspecified atom stereocenters. The Balaban J connectivity index is 2.01. The fourth-order valence-corrected chi connectivity index (χ4v) is 4.19. The molecular weight excluding hydrogens is 407 g/mol. The van der Waals surface area contributed by atoms with Gasteiger partial charge >= 0.3 is 0 Å². The van der Waals surface area contributed by atoms with Crippen molar-refractivity contribution in [1.82, 2.24) is 19.5 Å². The molecule has 1 aliphatic rings. The zero-order chi connectivity index (χ0) is 20.6. The van der Waals surface area contributed by atoms with E-state index in [4.69, 9.17) is 42.0 Å². The molecule has 2 aromatic heterocycles. The van der Waals surface area contributed by atoms with Gasteiger partial charge < -0.3 is 35.1 Å². The molecule has 0 saturated carbocycles. The molecular formula is C15H25N6O5PS. The van der Waals surface area contributed by atoms with Crippen LogP contribution >= 0.6 is 6.49 Å². The fraction of sp³-hybridized carbons (Fsp3) is 0.667. The number of nitrogens with two attached hydrogens (primary N) is 2. The largest absolute Gasteiger partial charge is 0.382 e. The molecule has 0 amide bonds. The molecule has 0 aromatic carbocycles. The van der Waals surface area contributed by atoms with Crippen LogP contribution in [0.25, 0.3) is 11.2 Å². The van der Waals surface area contributed by atoms with Gasteiger partial charge in [-0.1, -0.05) is 13.8 Å². The smallest absolute Gasteiger partial charge is 0.224 e. The second-order valence-corrected chi connectivity index (χ2v) is 10.7. The number of hydrogen-bond donors (Lipinski definition) is 3. The van der Waals surface area contributed by atoms with E-state index in [0.29, 0.717) is 11.2 Å². The number of methoxy groups -OCH3 is 2. The van der Waals surface area contributed by atoms with Gasteiger partial charge in [-0.3, -0.25) is 4.57 Å². The topological polar surface area (TPSA) is 153 Å². The maximum Gasteiger partial charge on any atom is 0.224 e. The Kier molecular flexibility index (Phi) is 6.20. The van der Waals surface area contributed by atoms with Crippen LogP contribution in [0.3, 0.4) is 0 Å². The highest BCUT2D eigenvalue weighted by atomic mass is 32.5. The number of nitrogen functional groups attached to an aromatic ring is 2. The lowest BCUT2D eigenvalue weighted by Gasteiger charge is -2.29. The van der Waals surface area contributed by atoms with Crippen molar-refractivity contribution >= 4 is 41.2 Å². The van der Waals surface area contributed by atoms with E-state index in [9.17, 15) is 4.89 Å². The van der Waals surface area contributed by atoms with Crippen LogP contribution in [-0.2, 0) is 30.5 Å². The Hall–Kier alpha value is -1.40. The Morgan fingerprint density at radius 2 is 2.04 bits per heavy atom. The third-order valence-electron chi connectivity index (χ3n) is 4.55. The van der Waals surface area contributed by atoms with Gasteiger partial charge in [0, 0.05) is 19.9 Å². The highest BCUT2D eigenvalue weighted by Crippen LogP contribution is 2.52. The van der Waals surface area contributed by atoms with Crippen molar-refractivity contribution in [2.75, 3.05) is 32.3 Å². The maximum absolute atomic E-state index is 10.6. The summed E-state index contributed by atoms with van der Waals surface area (Å²) >= 11 is 5.31. The summed E-state index contributed by atoms with van der Waals surface area (Å²) in [6, 6.07) is 0. The van der Waals surface area contributed by atoms with Gasteiger partial charge in [-0.2, -0.15) is 9.97 Å². The SMILES string of the molecule is COC[C@H]1O[C@@H](n2cnc3c(N)nc(N)nc32)[C@@H](OC)[C@H]1OP(O)(=S)C(C)C. The van der Waals surface area contributed by atoms with E-state index in [1.165, 1.54) is 13.4 Å². The maximum atomic E-state index is 10.6. The van der Waals surface area contributed by atoms with Gasteiger partial charge in [0.15, 0.2) is 24.2 Å². The van der Waals surface area contributed by atoms with Gasteiger partial charge in [-0.15, -0.1) is 0 Å². The van der Waals surface area contributed by atoms with Gasteiger partial charge in [0.25, 0.3) is 0 Å². The number of aromatic nitrogens is 4. The van der Waals surface area contributed by atoms with E-state index < -0.39 is 31.0 Å². The van der Waals surface area contributed by atoms with Crippen LogP contribution < -0.4 is 11.5 Å². The van der Waals surface area contributed by atoms with E-state index in [1.54, 1.807) is 11.7 Å². The molecule has 5 N–H and O–H groups in total. The number of imidazole rings is 1. The molecule has 2 aromatic rings.